The van der Waals surface area contributed by atoms with Crippen LogP contribution in [0, 0.1) is 0 Å². The Labute approximate surface area is 97.9 Å². The van der Waals surface area contributed by atoms with E-state index in [1.165, 1.54) is 12.0 Å². The molecule has 0 unspecified atom stereocenters. The van der Waals surface area contributed by atoms with Crippen molar-refractivity contribution in [1.29, 1.82) is 0 Å². The number of hydrogen-bond acceptors (Lipinski definition) is 1. The number of benzene rings is 1. The second-order valence-electron chi connectivity index (χ2n) is 4.97. The standard InChI is InChI=1S/C15H20O/c1-2-10-15(11-6-9-14(16)12-15)13-7-4-3-5-8-13/h3-5,7-8H,2,6,9-12H2,1H3/t15-/m1/s1. The van der Waals surface area contributed by atoms with E-state index in [0.29, 0.717) is 5.78 Å². The lowest BCUT2D eigenvalue weighted by Gasteiger charge is -2.37. The Balaban J connectivity index is 2.31. The lowest BCUT2D eigenvalue weighted by Crippen LogP contribution is -2.33. The summed E-state index contributed by atoms with van der Waals surface area (Å²) >= 11 is 0. The fourth-order valence-electron chi connectivity index (χ4n) is 3.05. The molecule has 1 atom stereocenters. The van der Waals surface area contributed by atoms with Crippen molar-refractivity contribution in [3.05, 3.63) is 35.9 Å². The summed E-state index contributed by atoms with van der Waals surface area (Å²) in [6.07, 6.45) is 6.08. The van der Waals surface area contributed by atoms with Gasteiger partial charge in [0, 0.05) is 18.3 Å². The Kier molecular flexibility index (Phi) is 3.42. The van der Waals surface area contributed by atoms with Crippen LogP contribution in [0.15, 0.2) is 30.3 Å². The molecule has 0 heterocycles. The molecule has 1 aliphatic rings. The number of carbonyl (C=O) groups is 1. The summed E-state index contributed by atoms with van der Waals surface area (Å²) in [5.41, 5.74) is 1.51. The van der Waals surface area contributed by atoms with Gasteiger partial charge in [-0.1, -0.05) is 43.7 Å². The molecule has 1 aliphatic carbocycles. The first kappa shape index (κ1) is 11.4. The molecular weight excluding hydrogens is 196 g/mol. The van der Waals surface area contributed by atoms with E-state index in [-0.39, 0.29) is 5.41 Å². The predicted molar refractivity (Wildman–Crippen MR) is 66.5 cm³/mol. The predicted octanol–water partition coefficient (Wildman–Crippen LogP) is 3.87. The summed E-state index contributed by atoms with van der Waals surface area (Å²) in [5.74, 6) is 0.448. The molecule has 16 heavy (non-hydrogen) atoms. The van der Waals surface area contributed by atoms with Crippen LogP contribution in [0.2, 0.25) is 0 Å². The maximum atomic E-state index is 11.7. The van der Waals surface area contributed by atoms with Crippen LogP contribution in [0.3, 0.4) is 0 Å². The lowest BCUT2D eigenvalue weighted by atomic mass is 9.66. The van der Waals surface area contributed by atoms with Crippen LogP contribution in [0.4, 0.5) is 0 Å². The first-order valence-corrected chi connectivity index (χ1v) is 6.34. The van der Waals surface area contributed by atoms with Gasteiger partial charge >= 0.3 is 0 Å². The largest absolute Gasteiger partial charge is 0.300 e. The highest BCUT2D eigenvalue weighted by Gasteiger charge is 2.36. The van der Waals surface area contributed by atoms with Crippen LogP contribution in [-0.4, -0.2) is 5.78 Å². The van der Waals surface area contributed by atoms with E-state index < -0.39 is 0 Å². The van der Waals surface area contributed by atoms with Gasteiger partial charge in [-0.2, -0.15) is 0 Å². The van der Waals surface area contributed by atoms with Crippen LogP contribution in [0.1, 0.15) is 51.0 Å². The summed E-state index contributed by atoms with van der Waals surface area (Å²) in [6, 6.07) is 10.6. The van der Waals surface area contributed by atoms with Crippen molar-refractivity contribution in [1.82, 2.24) is 0 Å². The average Bonchev–Trinajstić information content (AvgIpc) is 2.31. The number of Topliss-reactive ketones (excluding diaryl/α,β-unsaturated/α-hetero) is 1. The monoisotopic (exact) mass is 216 g/mol. The van der Waals surface area contributed by atoms with Crippen LogP contribution in [0.5, 0.6) is 0 Å². The van der Waals surface area contributed by atoms with Crippen molar-refractivity contribution in [2.45, 2.75) is 50.9 Å². The maximum Gasteiger partial charge on any atom is 0.133 e. The number of rotatable bonds is 3. The molecule has 0 amide bonds. The van der Waals surface area contributed by atoms with Gasteiger partial charge in [-0.15, -0.1) is 0 Å². The third kappa shape index (κ3) is 2.18. The molecule has 0 radical (unpaired) electrons. The number of hydrogen-bond donors (Lipinski definition) is 0. The molecule has 1 nitrogen and oxygen atoms in total. The molecule has 1 heteroatoms. The smallest absolute Gasteiger partial charge is 0.133 e. The van der Waals surface area contributed by atoms with Crippen LogP contribution in [0.25, 0.3) is 0 Å². The minimum absolute atomic E-state index is 0.144. The van der Waals surface area contributed by atoms with Crippen molar-refractivity contribution in [2.24, 2.45) is 0 Å². The first-order valence-electron chi connectivity index (χ1n) is 6.34. The molecule has 1 fully saturated rings. The van der Waals surface area contributed by atoms with E-state index in [0.717, 1.165) is 32.1 Å². The highest BCUT2D eigenvalue weighted by Crippen LogP contribution is 2.41. The number of ketones is 1. The molecule has 0 aromatic heterocycles. The summed E-state index contributed by atoms with van der Waals surface area (Å²) in [4.78, 5) is 11.7. The Bertz CT molecular complexity index is 351. The zero-order valence-electron chi connectivity index (χ0n) is 10.0. The zero-order valence-corrected chi connectivity index (χ0v) is 10.0. The van der Waals surface area contributed by atoms with Crippen molar-refractivity contribution in [2.75, 3.05) is 0 Å². The first-order chi connectivity index (χ1) is 7.77. The molecule has 1 aromatic rings. The average molecular weight is 216 g/mol. The fraction of sp³-hybridized carbons (Fsp3) is 0.533. The molecule has 0 saturated heterocycles. The Morgan fingerprint density at radius 3 is 2.62 bits per heavy atom. The minimum Gasteiger partial charge on any atom is -0.300 e. The van der Waals surface area contributed by atoms with Crippen molar-refractivity contribution in [3.63, 3.8) is 0 Å². The quantitative estimate of drug-likeness (QED) is 0.749. The highest BCUT2D eigenvalue weighted by atomic mass is 16.1. The van der Waals surface area contributed by atoms with E-state index in [9.17, 15) is 4.79 Å². The van der Waals surface area contributed by atoms with E-state index in [1.807, 2.05) is 6.07 Å². The van der Waals surface area contributed by atoms with Gasteiger partial charge in [0.15, 0.2) is 0 Å². The molecule has 2 rings (SSSR count). The Hall–Kier alpha value is -1.11. The van der Waals surface area contributed by atoms with Gasteiger partial charge in [0.05, 0.1) is 0 Å². The summed E-state index contributed by atoms with van der Waals surface area (Å²) in [5, 5.41) is 0. The van der Waals surface area contributed by atoms with Gasteiger partial charge in [-0.05, 0) is 24.8 Å². The van der Waals surface area contributed by atoms with Crippen LogP contribution < -0.4 is 0 Å². The van der Waals surface area contributed by atoms with E-state index in [2.05, 4.69) is 31.2 Å². The molecule has 1 aromatic carbocycles. The molecule has 0 aliphatic heterocycles. The third-order valence-electron chi connectivity index (χ3n) is 3.76. The highest BCUT2D eigenvalue weighted by molar-refractivity contribution is 5.81. The molecule has 0 bridgehead atoms. The van der Waals surface area contributed by atoms with Gasteiger partial charge in [-0.25, -0.2) is 0 Å². The second kappa shape index (κ2) is 4.82. The zero-order chi connectivity index (χ0) is 11.4. The topological polar surface area (TPSA) is 17.1 Å². The Morgan fingerprint density at radius 1 is 1.25 bits per heavy atom. The lowest BCUT2D eigenvalue weighted by molar-refractivity contribution is -0.122. The normalized spacial score (nSPS) is 25.7. The SMILES string of the molecule is CCC[C@@]1(c2ccccc2)CCCC(=O)C1. The van der Waals surface area contributed by atoms with Crippen molar-refractivity contribution < 1.29 is 4.79 Å². The van der Waals surface area contributed by atoms with Gasteiger partial charge in [0.2, 0.25) is 0 Å². The van der Waals surface area contributed by atoms with E-state index in [4.69, 9.17) is 0 Å². The van der Waals surface area contributed by atoms with Crippen molar-refractivity contribution >= 4 is 5.78 Å². The second-order valence-corrected chi connectivity index (χ2v) is 4.97. The summed E-state index contributed by atoms with van der Waals surface area (Å²) in [6.45, 7) is 2.21. The van der Waals surface area contributed by atoms with E-state index >= 15 is 0 Å². The molecular formula is C15H20O. The van der Waals surface area contributed by atoms with Crippen LogP contribution >= 0.6 is 0 Å². The van der Waals surface area contributed by atoms with E-state index in [1.54, 1.807) is 0 Å². The van der Waals surface area contributed by atoms with Gasteiger partial charge in [0.1, 0.15) is 5.78 Å². The van der Waals surface area contributed by atoms with Gasteiger partial charge in [0.25, 0.3) is 0 Å². The third-order valence-corrected chi connectivity index (χ3v) is 3.76. The van der Waals surface area contributed by atoms with Crippen LogP contribution in [-0.2, 0) is 10.2 Å². The Morgan fingerprint density at radius 2 is 2.00 bits per heavy atom. The summed E-state index contributed by atoms with van der Waals surface area (Å²) in [7, 11) is 0. The molecule has 86 valence electrons. The molecule has 0 N–H and O–H groups in total. The maximum absolute atomic E-state index is 11.7. The molecule has 1 saturated carbocycles. The summed E-state index contributed by atoms with van der Waals surface area (Å²) < 4.78 is 0. The molecule has 0 spiro atoms. The fourth-order valence-corrected chi connectivity index (χ4v) is 3.05. The van der Waals surface area contributed by atoms with Crippen molar-refractivity contribution in [3.8, 4) is 0 Å². The minimum atomic E-state index is 0.144. The number of carbonyl (C=O) groups excluding carboxylic acids is 1. The van der Waals surface area contributed by atoms with Gasteiger partial charge in [-0.3, -0.25) is 4.79 Å². The van der Waals surface area contributed by atoms with Gasteiger partial charge < -0.3 is 0 Å².